The molecule has 196 valence electrons. The highest BCUT2D eigenvalue weighted by molar-refractivity contribution is 5.75. The van der Waals surface area contributed by atoms with Crippen LogP contribution in [0.4, 0.5) is 0 Å². The molecule has 3 aromatic rings. The molecule has 0 unspecified atom stereocenters. The number of rotatable bonds is 10. The van der Waals surface area contributed by atoms with Crippen molar-refractivity contribution in [3.8, 4) is 0 Å². The van der Waals surface area contributed by atoms with E-state index in [2.05, 4.69) is 66.3 Å². The molecule has 0 saturated heterocycles. The van der Waals surface area contributed by atoms with Gasteiger partial charge >= 0.3 is 5.97 Å². The average Bonchev–Trinajstić information content (AvgIpc) is 3.31. The average molecular weight is 500 g/mol. The van der Waals surface area contributed by atoms with Crippen molar-refractivity contribution in [3.63, 3.8) is 0 Å². The van der Waals surface area contributed by atoms with E-state index in [0.717, 1.165) is 62.1 Å². The lowest BCUT2D eigenvalue weighted by molar-refractivity contribution is -0.176. The SMILES string of the molecule is Cc1ccc(C2=C[C@H]3CC[C@@H]2C[C@]3(CCN(C)CCCc2nc3ccccc3[nH]2)OC(=O)C(C)C)cc1. The maximum Gasteiger partial charge on any atom is 0.308 e. The van der Waals surface area contributed by atoms with E-state index in [1.165, 1.54) is 23.1 Å². The van der Waals surface area contributed by atoms with E-state index in [1.54, 1.807) is 0 Å². The number of aromatic nitrogens is 2. The number of fused-ring (bicyclic) bond motifs is 3. The summed E-state index contributed by atoms with van der Waals surface area (Å²) in [5, 5.41) is 0. The fourth-order valence-corrected chi connectivity index (χ4v) is 6.15. The predicted octanol–water partition coefficient (Wildman–Crippen LogP) is 6.58. The smallest absolute Gasteiger partial charge is 0.308 e. The van der Waals surface area contributed by atoms with Gasteiger partial charge in [0.2, 0.25) is 0 Å². The van der Waals surface area contributed by atoms with Crippen molar-refractivity contribution >= 4 is 22.6 Å². The molecule has 0 aliphatic heterocycles. The number of hydrogen-bond acceptors (Lipinski definition) is 4. The lowest BCUT2D eigenvalue weighted by Crippen LogP contribution is -2.51. The van der Waals surface area contributed by atoms with Gasteiger partial charge in [-0.05, 0) is 75.4 Å². The Kier molecular flexibility index (Phi) is 7.52. The van der Waals surface area contributed by atoms with Gasteiger partial charge in [-0.25, -0.2) is 4.98 Å². The number of esters is 1. The number of aryl methyl sites for hydroxylation is 2. The highest BCUT2D eigenvalue weighted by Gasteiger charge is 2.50. The fourth-order valence-electron chi connectivity index (χ4n) is 6.15. The minimum absolute atomic E-state index is 0.0645. The molecule has 5 heteroatoms. The molecule has 3 aliphatic carbocycles. The van der Waals surface area contributed by atoms with Gasteiger partial charge in [-0.2, -0.15) is 0 Å². The van der Waals surface area contributed by atoms with Gasteiger partial charge < -0.3 is 14.6 Å². The summed E-state index contributed by atoms with van der Waals surface area (Å²) in [5.74, 6) is 1.60. The Morgan fingerprint density at radius 3 is 2.62 bits per heavy atom. The largest absolute Gasteiger partial charge is 0.458 e. The van der Waals surface area contributed by atoms with Gasteiger partial charge in [-0.1, -0.05) is 61.9 Å². The van der Waals surface area contributed by atoms with Crippen molar-refractivity contribution in [1.29, 1.82) is 0 Å². The summed E-state index contributed by atoms with van der Waals surface area (Å²) in [4.78, 5) is 23.4. The number of carbonyl (C=O) groups is 1. The lowest BCUT2D eigenvalue weighted by atomic mass is 9.60. The van der Waals surface area contributed by atoms with E-state index < -0.39 is 5.60 Å². The molecule has 1 N–H and O–H groups in total. The summed E-state index contributed by atoms with van der Waals surface area (Å²) >= 11 is 0. The van der Waals surface area contributed by atoms with E-state index in [1.807, 2.05) is 26.0 Å². The van der Waals surface area contributed by atoms with Crippen LogP contribution in [-0.2, 0) is 16.0 Å². The third-order valence-corrected chi connectivity index (χ3v) is 8.38. The van der Waals surface area contributed by atoms with Crippen molar-refractivity contribution in [2.45, 2.75) is 64.9 Å². The van der Waals surface area contributed by atoms with Crippen LogP contribution < -0.4 is 0 Å². The summed E-state index contributed by atoms with van der Waals surface area (Å²) in [6.45, 7) is 7.92. The maximum atomic E-state index is 12.9. The number of para-hydroxylation sites is 2. The Morgan fingerprint density at radius 1 is 1.14 bits per heavy atom. The zero-order valence-corrected chi connectivity index (χ0v) is 22.8. The summed E-state index contributed by atoms with van der Waals surface area (Å²) in [7, 11) is 2.19. The molecule has 0 radical (unpaired) electrons. The Labute approximate surface area is 221 Å². The van der Waals surface area contributed by atoms with Crippen molar-refractivity contribution in [3.05, 3.63) is 71.6 Å². The standard InChI is InChI=1S/C32H41N3O2/c1-22(2)31(36)37-32(21-25-15-16-26(32)20-27(25)24-13-11-23(3)12-14-24)17-19-35(4)18-7-10-30-33-28-8-5-6-9-29(28)34-30/h5-6,8-9,11-14,20,22,25-26H,7,10,15-19,21H2,1-4H3,(H,33,34)/t25-,26-,32+/m1/s1. The quantitative estimate of drug-likeness (QED) is 0.320. The molecule has 0 spiro atoms. The molecule has 2 bridgehead atoms. The summed E-state index contributed by atoms with van der Waals surface area (Å²) in [6, 6.07) is 17.1. The number of nitrogens with zero attached hydrogens (tertiary/aromatic N) is 2. The highest BCUT2D eigenvalue weighted by atomic mass is 16.6. The molecule has 1 saturated carbocycles. The molecular formula is C32H41N3O2. The van der Waals surface area contributed by atoms with Crippen molar-refractivity contribution in [2.24, 2.45) is 17.8 Å². The molecule has 37 heavy (non-hydrogen) atoms. The Hall–Kier alpha value is -2.92. The van der Waals surface area contributed by atoms with Gasteiger partial charge in [0.15, 0.2) is 0 Å². The van der Waals surface area contributed by atoms with Crippen LogP contribution in [0.15, 0.2) is 54.6 Å². The third-order valence-electron chi connectivity index (χ3n) is 8.38. The normalized spacial score (nSPS) is 23.1. The molecule has 5 nitrogen and oxygen atoms in total. The lowest BCUT2D eigenvalue weighted by Gasteiger charge is -2.50. The van der Waals surface area contributed by atoms with Crippen molar-refractivity contribution < 1.29 is 9.53 Å². The van der Waals surface area contributed by atoms with Crippen LogP contribution in [0.3, 0.4) is 0 Å². The molecule has 3 atom stereocenters. The monoisotopic (exact) mass is 499 g/mol. The number of nitrogens with one attached hydrogen (secondary N) is 1. The van der Waals surface area contributed by atoms with E-state index in [9.17, 15) is 4.79 Å². The summed E-state index contributed by atoms with van der Waals surface area (Å²) < 4.78 is 6.41. The zero-order chi connectivity index (χ0) is 26.0. The molecule has 0 amide bonds. The van der Waals surface area contributed by atoms with Crippen LogP contribution in [0.2, 0.25) is 0 Å². The Balaban J connectivity index is 1.24. The van der Waals surface area contributed by atoms with Crippen LogP contribution in [0.5, 0.6) is 0 Å². The van der Waals surface area contributed by atoms with Crippen molar-refractivity contribution in [2.75, 3.05) is 20.1 Å². The van der Waals surface area contributed by atoms with Crippen LogP contribution in [-0.4, -0.2) is 46.6 Å². The van der Waals surface area contributed by atoms with E-state index in [0.29, 0.717) is 5.92 Å². The van der Waals surface area contributed by atoms with Gasteiger partial charge in [0.05, 0.1) is 17.0 Å². The topological polar surface area (TPSA) is 58.2 Å². The van der Waals surface area contributed by atoms with Crippen LogP contribution in [0.25, 0.3) is 16.6 Å². The van der Waals surface area contributed by atoms with E-state index in [-0.39, 0.29) is 17.8 Å². The minimum Gasteiger partial charge on any atom is -0.458 e. The minimum atomic E-state index is -0.397. The second-order valence-corrected chi connectivity index (χ2v) is 11.6. The third kappa shape index (κ3) is 5.67. The second-order valence-electron chi connectivity index (χ2n) is 11.6. The van der Waals surface area contributed by atoms with Crippen LogP contribution >= 0.6 is 0 Å². The highest BCUT2D eigenvalue weighted by Crippen LogP contribution is 2.53. The molecule has 2 aromatic carbocycles. The zero-order valence-electron chi connectivity index (χ0n) is 22.8. The fraction of sp³-hybridized carbons (Fsp3) is 0.500. The number of hydrogen-bond donors (Lipinski definition) is 1. The second kappa shape index (κ2) is 10.8. The van der Waals surface area contributed by atoms with Crippen LogP contribution in [0.1, 0.15) is 62.9 Å². The maximum absolute atomic E-state index is 12.9. The van der Waals surface area contributed by atoms with Gasteiger partial charge in [-0.3, -0.25) is 4.79 Å². The number of benzene rings is 2. The first kappa shape index (κ1) is 25.7. The number of allylic oxidation sites excluding steroid dienone is 1. The molecule has 1 heterocycles. The molecule has 6 rings (SSSR count). The summed E-state index contributed by atoms with van der Waals surface area (Å²) in [5.41, 5.74) is 5.80. The number of ether oxygens (including phenoxy) is 1. The molecular weight excluding hydrogens is 458 g/mol. The first-order valence-corrected chi connectivity index (χ1v) is 14.0. The van der Waals surface area contributed by atoms with Crippen LogP contribution in [0, 0.1) is 24.7 Å². The van der Waals surface area contributed by atoms with Gasteiger partial charge in [-0.15, -0.1) is 0 Å². The number of H-pyrrole nitrogens is 1. The molecule has 1 fully saturated rings. The molecule has 1 aromatic heterocycles. The van der Waals surface area contributed by atoms with Gasteiger partial charge in [0.25, 0.3) is 0 Å². The number of imidazole rings is 1. The van der Waals surface area contributed by atoms with E-state index >= 15 is 0 Å². The summed E-state index contributed by atoms with van der Waals surface area (Å²) in [6.07, 6.45) is 8.50. The Morgan fingerprint density at radius 2 is 1.92 bits per heavy atom. The van der Waals surface area contributed by atoms with E-state index in [4.69, 9.17) is 9.72 Å². The Bertz CT molecular complexity index is 1230. The number of aromatic amines is 1. The molecule has 3 aliphatic rings. The first-order valence-electron chi connectivity index (χ1n) is 14.0. The predicted molar refractivity (Wildman–Crippen MR) is 150 cm³/mol. The van der Waals surface area contributed by atoms with Gasteiger partial charge in [0, 0.05) is 25.3 Å². The number of carbonyl (C=O) groups excluding carboxylic acids is 1. The van der Waals surface area contributed by atoms with Crippen molar-refractivity contribution in [1.82, 2.24) is 14.9 Å². The first-order chi connectivity index (χ1) is 17.8. The van der Waals surface area contributed by atoms with Gasteiger partial charge in [0.1, 0.15) is 11.4 Å².